The molecule has 0 saturated carbocycles. The van der Waals surface area contributed by atoms with Crippen LogP contribution in [0.1, 0.15) is 22.8 Å². The van der Waals surface area contributed by atoms with E-state index in [0.717, 1.165) is 6.42 Å². The number of rotatable bonds is 6. The van der Waals surface area contributed by atoms with Gasteiger partial charge in [0.25, 0.3) is 0 Å². The number of pyridine rings is 2. The minimum Gasteiger partial charge on any atom is -0.507 e. The Balaban J connectivity index is 0.000000207. The molecule has 1 atom stereocenters. The van der Waals surface area contributed by atoms with Gasteiger partial charge < -0.3 is 15.9 Å². The van der Waals surface area contributed by atoms with Gasteiger partial charge in [-0.25, -0.2) is 13.9 Å². The van der Waals surface area contributed by atoms with Gasteiger partial charge in [-0.05, 0) is 55.3 Å². The van der Waals surface area contributed by atoms with Crippen molar-refractivity contribution in [1.82, 2.24) is 4.90 Å². The molecule has 0 aliphatic carbocycles. The molecule has 202 valence electrons. The van der Waals surface area contributed by atoms with E-state index in [0.29, 0.717) is 18.3 Å². The van der Waals surface area contributed by atoms with Crippen molar-refractivity contribution in [2.45, 2.75) is 19.4 Å². The van der Waals surface area contributed by atoms with Crippen LogP contribution in [0.4, 0.5) is 5.69 Å². The van der Waals surface area contributed by atoms with Crippen molar-refractivity contribution in [3.8, 4) is 29.2 Å². The van der Waals surface area contributed by atoms with Crippen molar-refractivity contribution >= 4 is 11.7 Å². The zero-order valence-corrected chi connectivity index (χ0v) is 23.0. The van der Waals surface area contributed by atoms with E-state index in [9.17, 15) is 4.79 Å². The van der Waals surface area contributed by atoms with E-state index in [1.54, 1.807) is 0 Å². The van der Waals surface area contributed by atoms with Crippen molar-refractivity contribution in [3.63, 3.8) is 0 Å². The summed E-state index contributed by atoms with van der Waals surface area (Å²) in [7, 11) is 6.11. The molecule has 2 aromatic heterocycles. The van der Waals surface area contributed by atoms with Crippen molar-refractivity contribution in [2.75, 3.05) is 19.3 Å². The Bertz CT molecular complexity index is 1310. The summed E-state index contributed by atoms with van der Waals surface area (Å²) in [6.07, 6.45) is 14.6. The summed E-state index contributed by atoms with van der Waals surface area (Å²) in [5.41, 5.74) is 9.31. The monoisotopic (exact) mass is 526 g/mol. The standard InChI is InChI=1S/C13H17N.C12H14N2.C7H7NO3/c1-4-10-14(3)12(2)11-13-8-6-5-7-9-13;1-13-7-3-11(4-8-13)12-5-9-14(2)10-6-12;8-4-1-2-6(9)5(3-4)7(10)11/h1,5-9,12H,10-11H2,2-3H3;3-10H,1-2H3;1-3,9H,8H2,(H,10,11)/q;+2;/t12-;;/m1../s1. The maximum atomic E-state index is 10.4. The molecular formula is C32H38N4O3+2. The number of anilines is 1. The third-order valence-corrected chi connectivity index (χ3v) is 6.01. The van der Waals surface area contributed by atoms with Crippen LogP contribution in [0.15, 0.2) is 97.6 Å². The molecule has 0 unspecified atom stereocenters. The summed E-state index contributed by atoms with van der Waals surface area (Å²) in [5.74, 6) is 1.20. The second-order valence-electron chi connectivity index (χ2n) is 9.24. The summed E-state index contributed by atoms with van der Waals surface area (Å²) in [6.45, 7) is 2.92. The van der Waals surface area contributed by atoms with E-state index < -0.39 is 5.97 Å². The quantitative estimate of drug-likeness (QED) is 0.154. The number of nitrogen functional groups attached to an aromatic ring is 1. The Morgan fingerprint density at radius 1 is 0.949 bits per heavy atom. The first-order chi connectivity index (χ1) is 18.6. The Morgan fingerprint density at radius 3 is 1.90 bits per heavy atom. The Kier molecular flexibility index (Phi) is 12.2. The highest BCUT2D eigenvalue weighted by atomic mass is 16.4. The number of terminal acetylenes is 1. The van der Waals surface area contributed by atoms with Crippen LogP contribution in [-0.2, 0) is 20.5 Å². The van der Waals surface area contributed by atoms with Crippen LogP contribution in [-0.4, -0.2) is 40.7 Å². The molecular weight excluding hydrogens is 488 g/mol. The van der Waals surface area contributed by atoms with Gasteiger partial charge in [-0.3, -0.25) is 4.90 Å². The average molecular weight is 527 g/mol. The summed E-state index contributed by atoms with van der Waals surface area (Å²) in [4.78, 5) is 12.5. The Morgan fingerprint density at radius 2 is 1.46 bits per heavy atom. The SMILES string of the molecule is C#CCN(C)[C@H](C)Cc1ccccc1.C[n+]1ccc(-c2cc[n+](C)cc2)cc1.Nc1ccc(O)c(C(=O)O)c1. The van der Waals surface area contributed by atoms with Crippen LogP contribution in [0.3, 0.4) is 0 Å². The van der Waals surface area contributed by atoms with Crippen LogP contribution < -0.4 is 14.9 Å². The van der Waals surface area contributed by atoms with E-state index >= 15 is 0 Å². The number of phenols is 1. The van der Waals surface area contributed by atoms with Crippen molar-refractivity contribution < 1.29 is 24.1 Å². The third-order valence-electron chi connectivity index (χ3n) is 6.01. The van der Waals surface area contributed by atoms with Gasteiger partial charge in [0.1, 0.15) is 25.4 Å². The summed E-state index contributed by atoms with van der Waals surface area (Å²) >= 11 is 0. The number of nitrogens with zero attached hydrogens (tertiary/aromatic N) is 3. The fourth-order valence-corrected chi connectivity index (χ4v) is 3.52. The highest BCUT2D eigenvalue weighted by Crippen LogP contribution is 2.19. The largest absolute Gasteiger partial charge is 0.507 e. The number of aromatic nitrogens is 2. The molecule has 0 saturated heterocycles. The molecule has 0 spiro atoms. The number of aryl methyl sites for hydroxylation is 2. The van der Waals surface area contributed by atoms with Gasteiger partial charge in [0, 0.05) is 36.0 Å². The normalized spacial score (nSPS) is 10.8. The first-order valence-electron chi connectivity index (χ1n) is 12.5. The summed E-state index contributed by atoms with van der Waals surface area (Å²) in [6, 6.07) is 23.4. The highest BCUT2D eigenvalue weighted by Gasteiger charge is 2.09. The molecule has 4 N–H and O–H groups in total. The zero-order chi connectivity index (χ0) is 28.8. The second-order valence-corrected chi connectivity index (χ2v) is 9.24. The topological polar surface area (TPSA) is 94.5 Å². The van der Waals surface area contributed by atoms with Gasteiger partial charge in [0.15, 0.2) is 24.8 Å². The number of carboxylic acid groups (broad SMARTS) is 1. The Hall–Kier alpha value is -4.67. The number of hydrogen-bond acceptors (Lipinski definition) is 4. The Labute approximate surface area is 231 Å². The fraction of sp³-hybridized carbons (Fsp3) is 0.219. The molecule has 0 radical (unpaired) electrons. The average Bonchev–Trinajstić information content (AvgIpc) is 2.92. The molecule has 4 rings (SSSR count). The first-order valence-corrected chi connectivity index (χ1v) is 12.5. The molecule has 4 aromatic rings. The van der Waals surface area contributed by atoms with Gasteiger partial charge in [-0.2, -0.15) is 0 Å². The molecule has 7 nitrogen and oxygen atoms in total. The van der Waals surface area contributed by atoms with Crippen LogP contribution in [0.25, 0.3) is 11.1 Å². The lowest BCUT2D eigenvalue weighted by Crippen LogP contribution is -2.31. The second kappa shape index (κ2) is 15.6. The first kappa shape index (κ1) is 30.6. The maximum absolute atomic E-state index is 10.4. The van der Waals surface area contributed by atoms with Gasteiger partial charge in [0.05, 0.1) is 6.54 Å². The van der Waals surface area contributed by atoms with Crippen molar-refractivity contribution in [1.29, 1.82) is 0 Å². The van der Waals surface area contributed by atoms with Gasteiger partial charge in [-0.1, -0.05) is 36.3 Å². The fourth-order valence-electron chi connectivity index (χ4n) is 3.52. The molecule has 7 heteroatoms. The number of aromatic carboxylic acids is 1. The smallest absolute Gasteiger partial charge is 0.339 e. The third kappa shape index (κ3) is 10.7. The number of hydrogen-bond donors (Lipinski definition) is 3. The lowest BCUT2D eigenvalue weighted by atomic mass is 10.1. The molecule has 39 heavy (non-hydrogen) atoms. The van der Waals surface area contributed by atoms with Gasteiger partial charge in [-0.15, -0.1) is 6.42 Å². The number of carboxylic acids is 1. The predicted molar refractivity (Wildman–Crippen MR) is 155 cm³/mol. The zero-order valence-electron chi connectivity index (χ0n) is 23.0. The number of benzene rings is 2. The van der Waals surface area contributed by atoms with Crippen molar-refractivity contribution in [2.24, 2.45) is 14.1 Å². The van der Waals surface area contributed by atoms with E-state index in [1.807, 2.05) is 29.3 Å². The molecule has 2 heterocycles. The highest BCUT2D eigenvalue weighted by molar-refractivity contribution is 5.91. The number of nitrogens with two attached hydrogens (primary N) is 1. The summed E-state index contributed by atoms with van der Waals surface area (Å²) < 4.78 is 4.07. The van der Waals surface area contributed by atoms with E-state index in [1.165, 1.54) is 34.9 Å². The van der Waals surface area contributed by atoms with E-state index in [-0.39, 0.29) is 11.3 Å². The number of likely N-dealkylation sites (N-methyl/N-ethyl adjacent to an activating group) is 1. The van der Waals surface area contributed by atoms with Gasteiger partial charge >= 0.3 is 5.97 Å². The van der Waals surface area contributed by atoms with Gasteiger partial charge in [0.2, 0.25) is 0 Å². The lowest BCUT2D eigenvalue weighted by Gasteiger charge is -2.22. The van der Waals surface area contributed by atoms with E-state index in [4.69, 9.17) is 22.4 Å². The van der Waals surface area contributed by atoms with E-state index in [2.05, 4.69) is 98.1 Å². The van der Waals surface area contributed by atoms with Crippen LogP contribution >= 0.6 is 0 Å². The summed E-state index contributed by atoms with van der Waals surface area (Å²) in [5, 5.41) is 17.4. The minimum absolute atomic E-state index is 0.176. The molecule has 2 aromatic carbocycles. The predicted octanol–water partition coefficient (Wildman–Crippen LogP) is 3.86. The maximum Gasteiger partial charge on any atom is 0.339 e. The van der Waals surface area contributed by atoms with Crippen LogP contribution in [0, 0.1) is 12.3 Å². The van der Waals surface area contributed by atoms with Crippen molar-refractivity contribution in [3.05, 3.63) is 109 Å². The molecule has 0 aliphatic heterocycles. The number of carbonyl (C=O) groups is 1. The molecule has 0 amide bonds. The minimum atomic E-state index is -1.19. The molecule has 0 fully saturated rings. The van der Waals surface area contributed by atoms with Crippen LogP contribution in [0.5, 0.6) is 5.75 Å². The lowest BCUT2D eigenvalue weighted by molar-refractivity contribution is -0.671. The van der Waals surface area contributed by atoms with Crippen LogP contribution in [0.2, 0.25) is 0 Å². The molecule has 0 aliphatic rings. The number of aromatic hydroxyl groups is 1. The molecule has 0 bridgehead atoms.